The van der Waals surface area contributed by atoms with Crippen LogP contribution in [0.25, 0.3) is 0 Å². The number of hydrogen-bond donors (Lipinski definition) is 2. The summed E-state index contributed by atoms with van der Waals surface area (Å²) in [5.41, 5.74) is 1.95. The van der Waals surface area contributed by atoms with Gasteiger partial charge in [-0.05, 0) is 65.5 Å². The summed E-state index contributed by atoms with van der Waals surface area (Å²) in [6.45, 7) is 0.810. The molecule has 5 heteroatoms. The third-order valence-electron chi connectivity index (χ3n) is 2.78. The number of ether oxygens (including phenoxy) is 1. The molecule has 0 bridgehead atoms. The molecular formula is C16H17IN2O2. The minimum atomic E-state index is -0.170. The molecule has 21 heavy (non-hydrogen) atoms. The maximum absolute atomic E-state index is 11.8. The van der Waals surface area contributed by atoms with E-state index in [0.29, 0.717) is 5.75 Å². The fraction of sp³-hybridized carbons (Fsp3) is 0.188. The van der Waals surface area contributed by atoms with Crippen molar-refractivity contribution in [3.05, 3.63) is 57.7 Å². The number of hydrogen-bond acceptors (Lipinski definition) is 3. The van der Waals surface area contributed by atoms with E-state index in [-0.39, 0.29) is 12.5 Å². The lowest BCUT2D eigenvalue weighted by Crippen LogP contribution is -2.20. The lowest BCUT2D eigenvalue weighted by molar-refractivity contribution is -0.118. The molecule has 0 atom stereocenters. The minimum absolute atomic E-state index is 0.00313. The van der Waals surface area contributed by atoms with Crippen molar-refractivity contribution in [3.63, 3.8) is 0 Å². The smallest absolute Gasteiger partial charge is 0.262 e. The summed E-state index contributed by atoms with van der Waals surface area (Å²) < 4.78 is 6.54. The molecule has 0 radical (unpaired) electrons. The van der Waals surface area contributed by atoms with Crippen LogP contribution in [0.15, 0.2) is 48.5 Å². The molecule has 2 aromatic carbocycles. The Morgan fingerprint density at radius 3 is 2.62 bits per heavy atom. The zero-order valence-electron chi connectivity index (χ0n) is 11.7. The van der Waals surface area contributed by atoms with Gasteiger partial charge in [-0.1, -0.05) is 18.2 Å². The monoisotopic (exact) mass is 396 g/mol. The molecule has 4 nitrogen and oxygen atoms in total. The lowest BCUT2D eigenvalue weighted by Gasteiger charge is -2.08. The van der Waals surface area contributed by atoms with Crippen LogP contribution in [0.3, 0.4) is 0 Å². The highest BCUT2D eigenvalue weighted by Gasteiger charge is 2.04. The number of halogens is 1. The molecule has 0 fully saturated rings. The first-order valence-corrected chi connectivity index (χ1v) is 7.67. The van der Waals surface area contributed by atoms with E-state index in [1.165, 1.54) is 5.56 Å². The van der Waals surface area contributed by atoms with Crippen LogP contribution in [0.5, 0.6) is 5.75 Å². The van der Waals surface area contributed by atoms with E-state index in [1.54, 1.807) is 0 Å². The van der Waals surface area contributed by atoms with Crippen molar-refractivity contribution >= 4 is 34.2 Å². The van der Waals surface area contributed by atoms with E-state index in [0.717, 1.165) is 15.8 Å². The molecule has 0 aromatic heterocycles. The number of carbonyl (C=O) groups excluding carboxylic acids is 1. The molecule has 1 amide bonds. The zero-order valence-corrected chi connectivity index (χ0v) is 13.9. The van der Waals surface area contributed by atoms with Crippen LogP contribution in [0.4, 0.5) is 5.69 Å². The Morgan fingerprint density at radius 1 is 1.19 bits per heavy atom. The second-order valence-corrected chi connectivity index (χ2v) is 5.77. The predicted molar refractivity (Wildman–Crippen MR) is 92.5 cm³/mol. The van der Waals surface area contributed by atoms with Crippen molar-refractivity contribution in [2.24, 2.45) is 0 Å². The highest BCUT2D eigenvalue weighted by atomic mass is 127. The van der Waals surface area contributed by atoms with E-state index >= 15 is 0 Å². The van der Waals surface area contributed by atoms with Gasteiger partial charge in [0.05, 0.1) is 0 Å². The Hall–Kier alpha value is -1.60. The van der Waals surface area contributed by atoms with Gasteiger partial charge in [0.25, 0.3) is 5.91 Å². The predicted octanol–water partition coefficient (Wildman–Crippen LogP) is 3.03. The normalized spacial score (nSPS) is 10.2. The Morgan fingerprint density at radius 2 is 1.95 bits per heavy atom. The Balaban J connectivity index is 1.83. The molecule has 0 saturated carbocycles. The minimum Gasteiger partial charge on any atom is -0.484 e. The summed E-state index contributed by atoms with van der Waals surface area (Å²) >= 11 is 2.20. The van der Waals surface area contributed by atoms with Gasteiger partial charge in [-0.3, -0.25) is 4.79 Å². The number of anilines is 1. The fourth-order valence-corrected chi connectivity index (χ4v) is 2.36. The number of benzene rings is 2. The topological polar surface area (TPSA) is 50.4 Å². The fourth-order valence-electron chi connectivity index (χ4n) is 1.82. The summed E-state index contributed by atoms with van der Waals surface area (Å²) in [5.74, 6) is 0.518. The largest absolute Gasteiger partial charge is 0.484 e. The molecule has 0 heterocycles. The van der Waals surface area contributed by atoms with E-state index in [9.17, 15) is 4.79 Å². The van der Waals surface area contributed by atoms with Crippen molar-refractivity contribution in [2.75, 3.05) is 19.0 Å². The van der Waals surface area contributed by atoms with Gasteiger partial charge in [0, 0.05) is 15.8 Å². The second-order valence-electron chi connectivity index (χ2n) is 4.52. The average Bonchev–Trinajstić information content (AvgIpc) is 2.47. The average molecular weight is 396 g/mol. The summed E-state index contributed by atoms with van der Waals surface area (Å²) in [7, 11) is 1.90. The van der Waals surface area contributed by atoms with Crippen molar-refractivity contribution in [1.29, 1.82) is 0 Å². The van der Waals surface area contributed by atoms with Gasteiger partial charge in [-0.25, -0.2) is 0 Å². The van der Waals surface area contributed by atoms with Crippen molar-refractivity contribution in [3.8, 4) is 5.75 Å². The molecule has 0 aliphatic carbocycles. The van der Waals surface area contributed by atoms with Crippen LogP contribution in [-0.2, 0) is 11.3 Å². The molecule has 0 aliphatic rings. The molecule has 2 N–H and O–H groups in total. The first-order chi connectivity index (χ1) is 10.2. The van der Waals surface area contributed by atoms with E-state index < -0.39 is 0 Å². The van der Waals surface area contributed by atoms with E-state index in [2.05, 4.69) is 33.2 Å². The molecule has 0 unspecified atom stereocenters. The Labute approximate surface area is 138 Å². The van der Waals surface area contributed by atoms with Gasteiger partial charge < -0.3 is 15.4 Å². The van der Waals surface area contributed by atoms with E-state index in [1.807, 2.05) is 55.6 Å². The second kappa shape index (κ2) is 7.99. The van der Waals surface area contributed by atoms with Crippen molar-refractivity contribution < 1.29 is 9.53 Å². The highest BCUT2D eigenvalue weighted by Crippen LogP contribution is 2.14. The Kier molecular flexibility index (Phi) is 6.01. The quantitative estimate of drug-likeness (QED) is 0.739. The molecule has 0 spiro atoms. The summed E-state index contributed by atoms with van der Waals surface area (Å²) in [4.78, 5) is 11.8. The molecular weight excluding hydrogens is 379 g/mol. The van der Waals surface area contributed by atoms with Crippen LogP contribution in [-0.4, -0.2) is 19.6 Å². The molecule has 2 rings (SSSR count). The van der Waals surface area contributed by atoms with Crippen LogP contribution < -0.4 is 15.4 Å². The molecule has 0 saturated heterocycles. The number of rotatable bonds is 6. The van der Waals surface area contributed by atoms with Gasteiger partial charge in [-0.15, -0.1) is 0 Å². The summed E-state index contributed by atoms with van der Waals surface area (Å²) in [6.07, 6.45) is 0. The lowest BCUT2D eigenvalue weighted by atomic mass is 10.2. The standard InChI is InChI=1S/C16H17IN2O2/c1-18-10-12-5-7-15(8-6-12)21-11-16(20)19-14-4-2-3-13(17)9-14/h2-9,18H,10-11H2,1H3,(H,19,20). The van der Waals surface area contributed by atoms with Gasteiger partial charge in [0.1, 0.15) is 5.75 Å². The Bertz CT molecular complexity index is 599. The van der Waals surface area contributed by atoms with E-state index in [4.69, 9.17) is 4.74 Å². The third kappa shape index (κ3) is 5.35. The van der Waals surface area contributed by atoms with Crippen LogP contribution in [0, 0.1) is 3.57 Å². The van der Waals surface area contributed by atoms with Gasteiger partial charge in [-0.2, -0.15) is 0 Å². The van der Waals surface area contributed by atoms with Crippen LogP contribution in [0.2, 0.25) is 0 Å². The maximum Gasteiger partial charge on any atom is 0.262 e. The third-order valence-corrected chi connectivity index (χ3v) is 3.45. The summed E-state index contributed by atoms with van der Waals surface area (Å²) in [5, 5.41) is 5.89. The molecule has 0 aliphatic heterocycles. The number of amides is 1. The van der Waals surface area contributed by atoms with Gasteiger partial charge >= 0.3 is 0 Å². The van der Waals surface area contributed by atoms with Gasteiger partial charge in [0.15, 0.2) is 6.61 Å². The van der Waals surface area contributed by atoms with Gasteiger partial charge in [0.2, 0.25) is 0 Å². The van der Waals surface area contributed by atoms with Crippen LogP contribution in [0.1, 0.15) is 5.56 Å². The summed E-state index contributed by atoms with van der Waals surface area (Å²) in [6, 6.07) is 15.3. The highest BCUT2D eigenvalue weighted by molar-refractivity contribution is 14.1. The number of carbonyl (C=O) groups is 1. The van der Waals surface area contributed by atoms with Crippen molar-refractivity contribution in [1.82, 2.24) is 5.32 Å². The maximum atomic E-state index is 11.8. The molecule has 2 aromatic rings. The molecule has 110 valence electrons. The van der Waals surface area contributed by atoms with Crippen LogP contribution >= 0.6 is 22.6 Å². The number of nitrogens with one attached hydrogen (secondary N) is 2. The first kappa shape index (κ1) is 15.8. The SMILES string of the molecule is CNCc1ccc(OCC(=O)Nc2cccc(I)c2)cc1. The zero-order chi connectivity index (χ0) is 15.1. The van der Waals surface area contributed by atoms with Crippen molar-refractivity contribution in [2.45, 2.75) is 6.54 Å². The first-order valence-electron chi connectivity index (χ1n) is 6.59.